The van der Waals surface area contributed by atoms with Crippen molar-refractivity contribution in [2.75, 3.05) is 12.4 Å². The third-order valence-electron chi connectivity index (χ3n) is 2.61. The van der Waals surface area contributed by atoms with Gasteiger partial charge >= 0.3 is 0 Å². The highest BCUT2D eigenvalue weighted by Gasteiger charge is 2.19. The van der Waals surface area contributed by atoms with E-state index in [2.05, 4.69) is 4.72 Å². The summed E-state index contributed by atoms with van der Waals surface area (Å²) in [6.07, 6.45) is 2.76. The minimum absolute atomic E-state index is 0.0405. The van der Waals surface area contributed by atoms with Gasteiger partial charge in [-0.05, 0) is 30.7 Å². The number of aliphatic hydroxyl groups excluding tert-OH is 1. The number of thiophene rings is 1. The number of hydrogen-bond donors (Lipinski definition) is 2. The average Bonchev–Trinajstić information content (AvgIpc) is 2.81. The molecule has 0 aliphatic heterocycles. The van der Waals surface area contributed by atoms with Crippen LogP contribution in [0.3, 0.4) is 0 Å². The summed E-state index contributed by atoms with van der Waals surface area (Å²) in [7, 11) is -3.26. The first-order valence-electron chi connectivity index (χ1n) is 6.23. The molecule has 1 heterocycles. The SMILES string of the molecule is CCCC(NS(=O)(=O)CCCCO)c1cccs1. The zero-order valence-corrected chi connectivity index (χ0v) is 12.3. The van der Waals surface area contributed by atoms with Gasteiger partial charge < -0.3 is 5.11 Å². The van der Waals surface area contributed by atoms with Gasteiger partial charge in [0.2, 0.25) is 10.0 Å². The Balaban J connectivity index is 2.60. The van der Waals surface area contributed by atoms with Crippen molar-refractivity contribution in [2.24, 2.45) is 0 Å². The van der Waals surface area contributed by atoms with Gasteiger partial charge in [-0.1, -0.05) is 19.4 Å². The number of sulfonamides is 1. The van der Waals surface area contributed by atoms with E-state index in [0.717, 1.165) is 17.7 Å². The summed E-state index contributed by atoms with van der Waals surface area (Å²) >= 11 is 1.57. The van der Waals surface area contributed by atoms with Crippen molar-refractivity contribution in [2.45, 2.75) is 38.6 Å². The van der Waals surface area contributed by atoms with E-state index in [0.29, 0.717) is 12.8 Å². The normalized spacial score (nSPS) is 13.7. The lowest BCUT2D eigenvalue weighted by atomic mass is 10.1. The topological polar surface area (TPSA) is 66.4 Å². The summed E-state index contributed by atoms with van der Waals surface area (Å²) in [4.78, 5) is 1.06. The molecule has 0 bridgehead atoms. The molecule has 0 aliphatic carbocycles. The largest absolute Gasteiger partial charge is 0.396 e. The van der Waals surface area contributed by atoms with E-state index in [4.69, 9.17) is 5.11 Å². The number of aliphatic hydroxyl groups is 1. The lowest BCUT2D eigenvalue weighted by molar-refractivity contribution is 0.287. The zero-order chi connectivity index (χ0) is 13.4. The van der Waals surface area contributed by atoms with E-state index in [-0.39, 0.29) is 18.4 Å². The summed E-state index contributed by atoms with van der Waals surface area (Å²) in [5.74, 6) is 0.0825. The molecule has 6 heteroatoms. The van der Waals surface area contributed by atoms with Gasteiger partial charge in [-0.25, -0.2) is 13.1 Å². The average molecular weight is 291 g/mol. The Hall–Kier alpha value is -0.430. The van der Waals surface area contributed by atoms with Gasteiger partial charge in [-0.3, -0.25) is 0 Å². The monoisotopic (exact) mass is 291 g/mol. The summed E-state index contributed by atoms with van der Waals surface area (Å²) in [6, 6.07) is 3.78. The smallest absolute Gasteiger partial charge is 0.212 e. The second-order valence-electron chi connectivity index (χ2n) is 4.22. The zero-order valence-electron chi connectivity index (χ0n) is 10.6. The molecule has 0 radical (unpaired) electrons. The third kappa shape index (κ3) is 5.48. The van der Waals surface area contributed by atoms with Crippen molar-refractivity contribution in [3.8, 4) is 0 Å². The molecule has 104 valence electrons. The fraction of sp³-hybridized carbons (Fsp3) is 0.667. The van der Waals surface area contributed by atoms with Crippen LogP contribution in [0.2, 0.25) is 0 Å². The Kier molecular flexibility index (Phi) is 6.85. The molecule has 0 amide bonds. The summed E-state index contributed by atoms with van der Waals surface area (Å²) in [5.41, 5.74) is 0. The van der Waals surface area contributed by atoms with Crippen molar-refractivity contribution in [1.82, 2.24) is 4.72 Å². The molecule has 0 spiro atoms. The molecular weight excluding hydrogens is 270 g/mol. The summed E-state index contributed by atoms with van der Waals surface area (Å²) < 4.78 is 26.6. The van der Waals surface area contributed by atoms with Crippen LogP contribution in [0.25, 0.3) is 0 Å². The van der Waals surface area contributed by atoms with E-state index in [1.165, 1.54) is 0 Å². The second-order valence-corrected chi connectivity index (χ2v) is 7.08. The van der Waals surface area contributed by atoms with Crippen LogP contribution in [0.4, 0.5) is 0 Å². The first-order chi connectivity index (χ1) is 8.59. The second kappa shape index (κ2) is 7.89. The minimum atomic E-state index is -3.26. The number of unbranched alkanes of at least 4 members (excludes halogenated alkanes) is 1. The first kappa shape index (κ1) is 15.6. The van der Waals surface area contributed by atoms with E-state index < -0.39 is 10.0 Å². The maximum Gasteiger partial charge on any atom is 0.212 e. The van der Waals surface area contributed by atoms with Crippen LogP contribution in [0, 0.1) is 0 Å². The highest BCUT2D eigenvalue weighted by Crippen LogP contribution is 2.24. The van der Waals surface area contributed by atoms with E-state index >= 15 is 0 Å². The van der Waals surface area contributed by atoms with Crippen LogP contribution in [-0.2, 0) is 10.0 Å². The predicted octanol–water partition coefficient (Wildman–Crippen LogP) is 2.28. The van der Waals surface area contributed by atoms with Gasteiger partial charge in [0.1, 0.15) is 0 Å². The highest BCUT2D eigenvalue weighted by molar-refractivity contribution is 7.89. The molecule has 1 atom stereocenters. The van der Waals surface area contributed by atoms with Crippen LogP contribution < -0.4 is 4.72 Å². The van der Waals surface area contributed by atoms with Crippen molar-refractivity contribution >= 4 is 21.4 Å². The molecular formula is C12H21NO3S2. The van der Waals surface area contributed by atoms with Crippen molar-refractivity contribution in [3.63, 3.8) is 0 Å². The minimum Gasteiger partial charge on any atom is -0.396 e. The lowest BCUT2D eigenvalue weighted by Gasteiger charge is -2.16. The summed E-state index contributed by atoms with van der Waals surface area (Å²) in [6.45, 7) is 2.08. The molecule has 1 rings (SSSR count). The maximum atomic E-state index is 11.9. The number of nitrogens with one attached hydrogen (secondary N) is 1. The van der Waals surface area contributed by atoms with Crippen LogP contribution in [0.15, 0.2) is 17.5 Å². The van der Waals surface area contributed by atoms with Crippen LogP contribution in [0.5, 0.6) is 0 Å². The van der Waals surface area contributed by atoms with Crippen molar-refractivity contribution < 1.29 is 13.5 Å². The molecule has 0 aliphatic rings. The first-order valence-corrected chi connectivity index (χ1v) is 8.76. The molecule has 18 heavy (non-hydrogen) atoms. The predicted molar refractivity (Wildman–Crippen MR) is 75.2 cm³/mol. The van der Waals surface area contributed by atoms with E-state index in [1.54, 1.807) is 11.3 Å². The van der Waals surface area contributed by atoms with Crippen molar-refractivity contribution in [3.05, 3.63) is 22.4 Å². The fourth-order valence-electron chi connectivity index (χ4n) is 1.72. The number of rotatable bonds is 9. The van der Waals surface area contributed by atoms with Crippen molar-refractivity contribution in [1.29, 1.82) is 0 Å². The molecule has 1 unspecified atom stereocenters. The molecule has 0 aromatic carbocycles. The Morgan fingerprint density at radius 3 is 2.78 bits per heavy atom. The van der Waals surface area contributed by atoms with E-state index in [1.807, 2.05) is 24.4 Å². The van der Waals surface area contributed by atoms with Gasteiger partial charge in [0.15, 0.2) is 0 Å². The molecule has 0 saturated heterocycles. The number of hydrogen-bond acceptors (Lipinski definition) is 4. The van der Waals surface area contributed by atoms with Gasteiger partial charge in [0.25, 0.3) is 0 Å². The van der Waals surface area contributed by atoms with Gasteiger partial charge in [0.05, 0.1) is 11.8 Å². The van der Waals surface area contributed by atoms with Gasteiger partial charge in [-0.15, -0.1) is 11.3 Å². The Morgan fingerprint density at radius 1 is 1.44 bits per heavy atom. The maximum absolute atomic E-state index is 11.9. The quantitative estimate of drug-likeness (QED) is 0.686. The van der Waals surface area contributed by atoms with E-state index in [9.17, 15) is 8.42 Å². The highest BCUT2D eigenvalue weighted by atomic mass is 32.2. The molecule has 1 aromatic heterocycles. The Labute approximate surface area is 113 Å². The summed E-state index contributed by atoms with van der Waals surface area (Å²) in [5, 5.41) is 10.6. The lowest BCUT2D eigenvalue weighted by Crippen LogP contribution is -2.30. The fourth-order valence-corrected chi connectivity index (χ4v) is 3.98. The van der Waals surface area contributed by atoms with Crippen LogP contribution in [0.1, 0.15) is 43.5 Å². The molecule has 1 aromatic rings. The Bertz CT molecular complexity index is 415. The van der Waals surface area contributed by atoms with Crippen LogP contribution >= 0.6 is 11.3 Å². The van der Waals surface area contributed by atoms with Gasteiger partial charge in [0, 0.05) is 11.5 Å². The Morgan fingerprint density at radius 2 is 2.22 bits per heavy atom. The third-order valence-corrected chi connectivity index (χ3v) is 5.06. The molecule has 4 nitrogen and oxygen atoms in total. The molecule has 2 N–H and O–H groups in total. The molecule has 0 fully saturated rings. The standard InChI is InChI=1S/C12H21NO3S2/c1-2-6-11(12-7-5-9-17-12)13-18(15,16)10-4-3-8-14/h5,7,9,11,13-14H,2-4,6,8,10H2,1H3. The van der Waals surface area contributed by atoms with Crippen LogP contribution in [-0.4, -0.2) is 25.9 Å². The molecule has 0 saturated carbocycles. The van der Waals surface area contributed by atoms with Gasteiger partial charge in [-0.2, -0.15) is 0 Å².